The van der Waals surface area contributed by atoms with Crippen LogP contribution in [0.15, 0.2) is 0 Å². The first-order chi connectivity index (χ1) is 7.40. The van der Waals surface area contributed by atoms with E-state index < -0.39 is 0 Å². The fourth-order valence-electron chi connectivity index (χ4n) is 2.29. The monoisotopic (exact) mass is 210 g/mol. The van der Waals surface area contributed by atoms with Gasteiger partial charge < -0.3 is 10.2 Å². The number of rotatable bonds is 9. The van der Waals surface area contributed by atoms with Crippen LogP contribution in [0, 0.1) is 5.92 Å². The zero-order valence-electron chi connectivity index (χ0n) is 10.2. The fourth-order valence-corrected chi connectivity index (χ4v) is 2.29. The first kappa shape index (κ1) is 11.4. The van der Waals surface area contributed by atoms with Crippen molar-refractivity contribution in [2.45, 2.75) is 51.0 Å². The quantitative estimate of drug-likeness (QED) is 0.587. The Morgan fingerprint density at radius 2 is 1.87 bits per heavy atom. The van der Waals surface area contributed by atoms with Crippen molar-refractivity contribution in [1.29, 1.82) is 0 Å². The second-order valence-corrected chi connectivity index (χ2v) is 5.33. The molecule has 0 unspecified atom stereocenters. The largest absolute Gasteiger partial charge is 0.320 e. The van der Waals surface area contributed by atoms with Crippen molar-refractivity contribution < 1.29 is 0 Å². The molecule has 2 heteroatoms. The normalized spacial score (nSPS) is 21.2. The molecule has 88 valence electrons. The van der Waals surface area contributed by atoms with Gasteiger partial charge in [-0.15, -0.1) is 0 Å². The van der Waals surface area contributed by atoms with Gasteiger partial charge in [-0.25, -0.2) is 0 Å². The van der Waals surface area contributed by atoms with Crippen molar-refractivity contribution in [2.75, 3.05) is 26.7 Å². The van der Waals surface area contributed by atoms with Crippen molar-refractivity contribution in [3.63, 3.8) is 0 Å². The first-order valence-corrected chi connectivity index (χ1v) is 6.79. The zero-order valence-corrected chi connectivity index (χ0v) is 10.2. The van der Waals surface area contributed by atoms with Gasteiger partial charge in [0.25, 0.3) is 0 Å². The summed E-state index contributed by atoms with van der Waals surface area (Å²) in [4.78, 5) is 2.77. The van der Waals surface area contributed by atoms with Crippen LogP contribution in [0.5, 0.6) is 0 Å². The Bertz CT molecular complexity index is 173. The molecule has 0 atom stereocenters. The van der Waals surface area contributed by atoms with E-state index in [9.17, 15) is 0 Å². The van der Waals surface area contributed by atoms with E-state index in [1.807, 2.05) is 7.05 Å². The van der Waals surface area contributed by atoms with E-state index in [0.29, 0.717) is 0 Å². The molecule has 0 aromatic heterocycles. The highest BCUT2D eigenvalue weighted by molar-refractivity contribution is 4.88. The van der Waals surface area contributed by atoms with Gasteiger partial charge in [0.15, 0.2) is 0 Å². The number of hydrogen-bond donors (Lipinski definition) is 1. The van der Waals surface area contributed by atoms with Gasteiger partial charge in [0, 0.05) is 12.6 Å². The predicted octanol–water partition coefficient (Wildman–Crippen LogP) is 2.25. The van der Waals surface area contributed by atoms with Gasteiger partial charge in [-0.3, -0.25) is 0 Å². The highest BCUT2D eigenvalue weighted by Gasteiger charge is 2.32. The van der Waals surface area contributed by atoms with E-state index in [4.69, 9.17) is 0 Å². The van der Waals surface area contributed by atoms with Crippen molar-refractivity contribution in [2.24, 2.45) is 5.92 Å². The Kier molecular flexibility index (Phi) is 4.45. The SMILES string of the molecule is CNCCCCCN(CC1CC1)C1CC1. The Morgan fingerprint density at radius 3 is 2.47 bits per heavy atom. The molecule has 0 saturated heterocycles. The molecule has 2 aliphatic rings. The molecule has 0 aromatic carbocycles. The maximum atomic E-state index is 3.22. The molecule has 1 N–H and O–H groups in total. The second kappa shape index (κ2) is 5.86. The molecule has 0 amide bonds. The van der Waals surface area contributed by atoms with E-state index in [1.54, 1.807) is 0 Å². The van der Waals surface area contributed by atoms with E-state index in [2.05, 4.69) is 10.2 Å². The molecule has 2 saturated carbocycles. The number of unbranched alkanes of at least 4 members (excludes halogenated alkanes) is 2. The predicted molar refractivity (Wildman–Crippen MR) is 65.1 cm³/mol. The van der Waals surface area contributed by atoms with Gasteiger partial charge in [-0.2, -0.15) is 0 Å². The lowest BCUT2D eigenvalue weighted by molar-refractivity contribution is 0.247. The highest BCUT2D eigenvalue weighted by Crippen LogP contribution is 2.34. The summed E-state index contributed by atoms with van der Waals surface area (Å²) in [6.07, 6.45) is 10.1. The molecule has 15 heavy (non-hydrogen) atoms. The van der Waals surface area contributed by atoms with Crippen LogP contribution in [0.1, 0.15) is 44.9 Å². The number of hydrogen-bond acceptors (Lipinski definition) is 2. The van der Waals surface area contributed by atoms with E-state index in [0.717, 1.165) is 12.0 Å². The van der Waals surface area contributed by atoms with Crippen LogP contribution in [-0.4, -0.2) is 37.6 Å². The summed E-state index contributed by atoms with van der Waals surface area (Å²) in [5, 5.41) is 3.22. The topological polar surface area (TPSA) is 15.3 Å². The Morgan fingerprint density at radius 1 is 1.07 bits per heavy atom. The number of nitrogens with zero attached hydrogens (tertiary/aromatic N) is 1. The average molecular weight is 210 g/mol. The molecular formula is C13H26N2. The van der Waals surface area contributed by atoms with Crippen molar-refractivity contribution in [3.05, 3.63) is 0 Å². The molecule has 0 radical (unpaired) electrons. The fraction of sp³-hybridized carbons (Fsp3) is 1.00. The molecular weight excluding hydrogens is 184 g/mol. The standard InChI is InChI=1S/C13H26N2/c1-14-9-3-2-4-10-15(13-7-8-13)11-12-5-6-12/h12-14H,2-11H2,1H3. The smallest absolute Gasteiger partial charge is 0.00965 e. The van der Waals surface area contributed by atoms with Gasteiger partial charge in [0.1, 0.15) is 0 Å². The van der Waals surface area contributed by atoms with E-state index in [1.165, 1.54) is 64.6 Å². The van der Waals surface area contributed by atoms with Crippen LogP contribution in [0.25, 0.3) is 0 Å². The molecule has 0 heterocycles. The highest BCUT2D eigenvalue weighted by atomic mass is 15.2. The van der Waals surface area contributed by atoms with Crippen molar-refractivity contribution in [1.82, 2.24) is 10.2 Å². The summed E-state index contributed by atoms with van der Waals surface area (Å²) < 4.78 is 0. The lowest BCUT2D eigenvalue weighted by atomic mass is 10.2. The molecule has 0 aliphatic heterocycles. The summed E-state index contributed by atoms with van der Waals surface area (Å²) in [6, 6.07) is 0.981. The third kappa shape index (κ3) is 4.52. The summed E-state index contributed by atoms with van der Waals surface area (Å²) in [5.41, 5.74) is 0. The molecule has 2 rings (SSSR count). The maximum Gasteiger partial charge on any atom is 0.00965 e. The first-order valence-electron chi connectivity index (χ1n) is 6.79. The summed E-state index contributed by atoms with van der Waals surface area (Å²) in [7, 11) is 2.05. The zero-order chi connectivity index (χ0) is 10.5. The molecule has 0 spiro atoms. The molecule has 2 aliphatic carbocycles. The van der Waals surface area contributed by atoms with Crippen LogP contribution in [0.2, 0.25) is 0 Å². The van der Waals surface area contributed by atoms with Gasteiger partial charge in [0.05, 0.1) is 0 Å². The summed E-state index contributed by atoms with van der Waals surface area (Å²) in [6.45, 7) is 3.97. The molecule has 0 bridgehead atoms. The molecule has 2 nitrogen and oxygen atoms in total. The van der Waals surface area contributed by atoms with Crippen molar-refractivity contribution >= 4 is 0 Å². The Hall–Kier alpha value is -0.0800. The Labute approximate surface area is 94.4 Å². The minimum atomic E-state index is 0.981. The number of nitrogens with one attached hydrogen (secondary N) is 1. The molecule has 2 fully saturated rings. The second-order valence-electron chi connectivity index (χ2n) is 5.33. The van der Waals surface area contributed by atoms with Gasteiger partial charge in [0.2, 0.25) is 0 Å². The molecule has 0 aromatic rings. The summed E-state index contributed by atoms with van der Waals surface area (Å²) in [5.74, 6) is 1.07. The maximum absolute atomic E-state index is 3.22. The van der Waals surface area contributed by atoms with Crippen LogP contribution >= 0.6 is 0 Å². The lowest BCUT2D eigenvalue weighted by Gasteiger charge is -2.21. The average Bonchev–Trinajstić information content (AvgIpc) is 3.08. The van der Waals surface area contributed by atoms with Crippen LogP contribution in [0.4, 0.5) is 0 Å². The van der Waals surface area contributed by atoms with E-state index >= 15 is 0 Å². The minimum Gasteiger partial charge on any atom is -0.320 e. The lowest BCUT2D eigenvalue weighted by Crippen LogP contribution is -2.29. The van der Waals surface area contributed by atoms with Gasteiger partial charge >= 0.3 is 0 Å². The third-order valence-corrected chi connectivity index (χ3v) is 3.63. The van der Waals surface area contributed by atoms with Crippen LogP contribution < -0.4 is 5.32 Å². The van der Waals surface area contributed by atoms with Gasteiger partial charge in [-0.05, 0) is 64.6 Å². The summed E-state index contributed by atoms with van der Waals surface area (Å²) >= 11 is 0. The van der Waals surface area contributed by atoms with E-state index in [-0.39, 0.29) is 0 Å². The Balaban J connectivity index is 1.53. The van der Waals surface area contributed by atoms with Crippen LogP contribution in [0.3, 0.4) is 0 Å². The van der Waals surface area contributed by atoms with Gasteiger partial charge in [-0.1, -0.05) is 6.42 Å². The minimum absolute atomic E-state index is 0.981. The van der Waals surface area contributed by atoms with Crippen molar-refractivity contribution in [3.8, 4) is 0 Å². The third-order valence-electron chi connectivity index (χ3n) is 3.63. The van der Waals surface area contributed by atoms with Crippen LogP contribution in [-0.2, 0) is 0 Å².